The summed E-state index contributed by atoms with van der Waals surface area (Å²) in [5, 5.41) is 15.3. The van der Waals surface area contributed by atoms with Crippen LogP contribution in [0.2, 0.25) is 0 Å². The number of aryl methyl sites for hydroxylation is 1. The highest BCUT2D eigenvalue weighted by atomic mass is 16.5. The van der Waals surface area contributed by atoms with Crippen molar-refractivity contribution >= 4 is 23.9 Å². The summed E-state index contributed by atoms with van der Waals surface area (Å²) in [5.74, 6) is -0.591. The minimum Gasteiger partial charge on any atom is -0.479 e. The monoisotopic (exact) mass is 341 g/mol. The van der Waals surface area contributed by atoms with E-state index in [-0.39, 0.29) is 0 Å². The molecule has 2 aromatic rings. The van der Waals surface area contributed by atoms with Crippen LogP contribution in [-0.2, 0) is 4.79 Å². The Bertz CT molecular complexity index is 772. The third-order valence-corrected chi connectivity index (χ3v) is 3.20. The quantitative estimate of drug-likeness (QED) is 0.555. The van der Waals surface area contributed by atoms with Crippen LogP contribution in [0.25, 0.3) is 0 Å². The smallest absolute Gasteiger partial charge is 0.344 e. The van der Waals surface area contributed by atoms with Crippen LogP contribution in [0.3, 0.4) is 0 Å². The lowest BCUT2D eigenvalue weighted by Gasteiger charge is -2.09. The summed E-state index contributed by atoms with van der Waals surface area (Å²) in [7, 11) is 0. The van der Waals surface area contributed by atoms with Crippen LogP contribution < -0.4 is 15.5 Å². The normalized spacial score (nSPS) is 11.8. The zero-order valence-corrected chi connectivity index (χ0v) is 13.9. The highest BCUT2D eigenvalue weighted by molar-refractivity contribution is 5.90. The van der Waals surface area contributed by atoms with Crippen LogP contribution in [0.5, 0.6) is 5.75 Å². The van der Waals surface area contributed by atoms with Gasteiger partial charge in [0.2, 0.25) is 0 Å². The standard InChI is InChI=1S/C18H19N3O4/c1-12-4-3-5-15(10-12)20-18(24)21-19-11-14-6-8-16(9-7-14)25-13(2)17(22)23/h3-11,13H,1-2H3,(H,22,23)(H2,20,21,24)/b19-11+/t13-/m1/s1. The highest BCUT2D eigenvalue weighted by Crippen LogP contribution is 2.13. The number of hydrogen-bond acceptors (Lipinski definition) is 4. The van der Waals surface area contributed by atoms with E-state index in [9.17, 15) is 9.59 Å². The van der Waals surface area contributed by atoms with Gasteiger partial charge >= 0.3 is 12.0 Å². The Morgan fingerprint density at radius 1 is 1.20 bits per heavy atom. The summed E-state index contributed by atoms with van der Waals surface area (Å²) < 4.78 is 5.23. The minimum atomic E-state index is -1.03. The fourth-order valence-electron chi connectivity index (χ4n) is 1.93. The average Bonchev–Trinajstić information content (AvgIpc) is 2.56. The van der Waals surface area contributed by atoms with E-state index in [1.807, 2.05) is 25.1 Å². The summed E-state index contributed by atoms with van der Waals surface area (Å²) >= 11 is 0. The lowest BCUT2D eigenvalue weighted by atomic mass is 10.2. The number of urea groups is 1. The molecule has 2 amide bonds. The Hall–Kier alpha value is -3.35. The number of nitrogens with zero attached hydrogens (tertiary/aromatic N) is 1. The SMILES string of the molecule is Cc1cccc(NC(=O)N/N=C/c2ccc(O[C@H](C)C(=O)O)cc2)c1. The van der Waals surface area contributed by atoms with Crippen molar-refractivity contribution in [2.75, 3.05) is 5.32 Å². The van der Waals surface area contributed by atoms with Gasteiger partial charge in [-0.15, -0.1) is 0 Å². The second-order valence-corrected chi connectivity index (χ2v) is 5.36. The average molecular weight is 341 g/mol. The molecule has 3 N–H and O–H groups in total. The van der Waals surface area contributed by atoms with E-state index in [0.29, 0.717) is 11.4 Å². The van der Waals surface area contributed by atoms with Gasteiger partial charge in [-0.05, 0) is 61.4 Å². The summed E-state index contributed by atoms with van der Waals surface area (Å²) in [6.45, 7) is 3.39. The number of carboxylic acid groups (broad SMARTS) is 1. The number of ether oxygens (including phenoxy) is 1. The molecule has 1 atom stereocenters. The Kier molecular flexibility index (Phi) is 6.11. The van der Waals surface area contributed by atoms with Gasteiger partial charge in [-0.1, -0.05) is 12.1 Å². The van der Waals surface area contributed by atoms with Gasteiger partial charge in [-0.2, -0.15) is 5.10 Å². The molecule has 0 fully saturated rings. The van der Waals surface area contributed by atoms with E-state index >= 15 is 0 Å². The van der Waals surface area contributed by atoms with Crippen LogP contribution in [0.15, 0.2) is 53.6 Å². The molecule has 7 heteroatoms. The van der Waals surface area contributed by atoms with Crippen LogP contribution in [0, 0.1) is 6.92 Å². The van der Waals surface area contributed by atoms with Crippen molar-refractivity contribution in [3.63, 3.8) is 0 Å². The first-order valence-electron chi connectivity index (χ1n) is 7.60. The molecule has 130 valence electrons. The summed E-state index contributed by atoms with van der Waals surface area (Å²) in [6.07, 6.45) is 0.548. The predicted molar refractivity (Wildman–Crippen MR) is 95.1 cm³/mol. The molecule has 0 spiro atoms. The number of carbonyl (C=O) groups is 2. The predicted octanol–water partition coefficient (Wildman–Crippen LogP) is 3.00. The summed E-state index contributed by atoms with van der Waals surface area (Å²) in [5.41, 5.74) is 4.82. The molecule has 2 aromatic carbocycles. The zero-order valence-electron chi connectivity index (χ0n) is 13.9. The number of rotatable bonds is 6. The Balaban J connectivity index is 1.85. The maximum absolute atomic E-state index is 11.7. The number of hydrogen-bond donors (Lipinski definition) is 3. The second kappa shape index (κ2) is 8.49. The largest absolute Gasteiger partial charge is 0.479 e. The number of carboxylic acids is 1. The number of hydrazone groups is 1. The van der Waals surface area contributed by atoms with Gasteiger partial charge in [-0.25, -0.2) is 15.0 Å². The first kappa shape index (κ1) is 18.0. The number of amides is 2. The van der Waals surface area contributed by atoms with E-state index in [1.54, 1.807) is 30.3 Å². The molecular weight excluding hydrogens is 322 g/mol. The Morgan fingerprint density at radius 2 is 1.92 bits per heavy atom. The molecule has 0 radical (unpaired) electrons. The van der Waals surface area contributed by atoms with Crippen LogP contribution >= 0.6 is 0 Å². The molecule has 0 unspecified atom stereocenters. The van der Waals surface area contributed by atoms with Gasteiger partial charge in [0.25, 0.3) is 0 Å². The maximum Gasteiger partial charge on any atom is 0.344 e. The topological polar surface area (TPSA) is 100 Å². The molecule has 0 saturated heterocycles. The van der Waals surface area contributed by atoms with Crippen molar-refractivity contribution < 1.29 is 19.4 Å². The Labute approximate surface area is 145 Å². The van der Waals surface area contributed by atoms with Crippen LogP contribution in [0.4, 0.5) is 10.5 Å². The molecule has 0 heterocycles. The molecule has 0 bridgehead atoms. The van der Waals surface area contributed by atoms with E-state index < -0.39 is 18.1 Å². The third-order valence-electron chi connectivity index (χ3n) is 3.20. The lowest BCUT2D eigenvalue weighted by molar-refractivity contribution is -0.144. The van der Waals surface area contributed by atoms with Crippen molar-refractivity contribution in [3.8, 4) is 5.75 Å². The molecule has 25 heavy (non-hydrogen) atoms. The van der Waals surface area contributed by atoms with Crippen LogP contribution in [-0.4, -0.2) is 29.4 Å². The first-order valence-corrected chi connectivity index (χ1v) is 7.60. The van der Waals surface area contributed by atoms with Crippen molar-refractivity contribution in [2.24, 2.45) is 5.10 Å². The number of carbonyl (C=O) groups excluding carboxylic acids is 1. The van der Waals surface area contributed by atoms with Crippen molar-refractivity contribution in [1.29, 1.82) is 0 Å². The molecule has 0 saturated carbocycles. The van der Waals surface area contributed by atoms with Crippen LogP contribution in [0.1, 0.15) is 18.1 Å². The number of benzene rings is 2. The maximum atomic E-state index is 11.7. The van der Waals surface area contributed by atoms with E-state index in [0.717, 1.165) is 11.1 Å². The molecular formula is C18H19N3O4. The number of aliphatic carboxylic acids is 1. The Morgan fingerprint density at radius 3 is 2.56 bits per heavy atom. The third kappa shape index (κ3) is 5.98. The fraction of sp³-hybridized carbons (Fsp3) is 0.167. The molecule has 7 nitrogen and oxygen atoms in total. The summed E-state index contributed by atoms with van der Waals surface area (Å²) in [6, 6.07) is 13.6. The van der Waals surface area contributed by atoms with Gasteiger partial charge < -0.3 is 15.2 Å². The molecule has 0 aromatic heterocycles. The van der Waals surface area contributed by atoms with Crippen molar-refractivity contribution in [3.05, 3.63) is 59.7 Å². The molecule has 2 rings (SSSR count). The van der Waals surface area contributed by atoms with E-state index in [4.69, 9.17) is 9.84 Å². The first-order chi connectivity index (χ1) is 11.9. The van der Waals surface area contributed by atoms with Crippen molar-refractivity contribution in [1.82, 2.24) is 5.43 Å². The van der Waals surface area contributed by atoms with Gasteiger partial charge in [0.1, 0.15) is 5.75 Å². The minimum absolute atomic E-state index is 0.442. The van der Waals surface area contributed by atoms with Gasteiger partial charge in [0.15, 0.2) is 6.10 Å². The fourth-order valence-corrected chi connectivity index (χ4v) is 1.93. The van der Waals surface area contributed by atoms with Gasteiger partial charge in [0.05, 0.1) is 6.21 Å². The molecule has 0 aliphatic rings. The second-order valence-electron chi connectivity index (χ2n) is 5.36. The number of anilines is 1. The number of nitrogens with one attached hydrogen (secondary N) is 2. The summed E-state index contributed by atoms with van der Waals surface area (Å²) in [4.78, 5) is 22.5. The lowest BCUT2D eigenvalue weighted by Crippen LogP contribution is -2.24. The highest BCUT2D eigenvalue weighted by Gasteiger charge is 2.11. The van der Waals surface area contributed by atoms with Crippen molar-refractivity contribution in [2.45, 2.75) is 20.0 Å². The van der Waals surface area contributed by atoms with E-state index in [1.165, 1.54) is 13.1 Å². The molecule has 0 aliphatic carbocycles. The molecule has 0 aliphatic heterocycles. The van der Waals surface area contributed by atoms with Gasteiger partial charge in [0, 0.05) is 5.69 Å². The zero-order chi connectivity index (χ0) is 18.2. The van der Waals surface area contributed by atoms with E-state index in [2.05, 4.69) is 15.8 Å². The van der Waals surface area contributed by atoms with Gasteiger partial charge in [-0.3, -0.25) is 0 Å².